The number of hydrogen-bond donors (Lipinski definition) is 1. The van der Waals surface area contributed by atoms with Crippen LogP contribution in [0.4, 0.5) is 0 Å². The van der Waals surface area contributed by atoms with Gasteiger partial charge in [-0.15, -0.1) is 0 Å². The Balaban J connectivity index is 1.24. The van der Waals surface area contributed by atoms with E-state index in [2.05, 4.69) is 39.9 Å². The fourth-order valence-corrected chi connectivity index (χ4v) is 7.31. The monoisotopic (exact) mass is 469 g/mol. The van der Waals surface area contributed by atoms with Gasteiger partial charge in [0.2, 0.25) is 0 Å². The summed E-state index contributed by atoms with van der Waals surface area (Å²) < 4.78 is 19.5. The van der Waals surface area contributed by atoms with Crippen LogP contribution in [0.1, 0.15) is 83.5 Å². The number of carbonyl (C=O) groups excluding carboxylic acids is 1. The van der Waals surface area contributed by atoms with Crippen LogP contribution in [0, 0.1) is 35.5 Å². The van der Waals surface area contributed by atoms with Crippen LogP contribution in [0.2, 0.25) is 0 Å². The van der Waals surface area contributed by atoms with E-state index in [9.17, 15) is 4.79 Å². The highest BCUT2D eigenvalue weighted by molar-refractivity contribution is 5.94. The van der Waals surface area contributed by atoms with Gasteiger partial charge in [-0.1, -0.05) is 27.2 Å². The SMILES string of the molecule is CC1CC(NC(=O)c2ccc(O[C@H](C)[C@H]3O[C@@H]4OC(C)CC[C@@H]5C4[C@@H](CC[C@H]5C)[C@H]3C)cc2)C1. The smallest absolute Gasteiger partial charge is 0.251 e. The number of hydrogen-bond acceptors (Lipinski definition) is 4. The Morgan fingerprint density at radius 3 is 2.38 bits per heavy atom. The first-order valence-corrected chi connectivity index (χ1v) is 13.7. The normalized spacial score (nSPS) is 42.5. The number of rotatable bonds is 5. The highest BCUT2D eigenvalue weighted by atomic mass is 16.7. The largest absolute Gasteiger partial charge is 0.488 e. The lowest BCUT2D eigenvalue weighted by molar-refractivity contribution is -0.288. The summed E-state index contributed by atoms with van der Waals surface area (Å²) in [5.41, 5.74) is 0.688. The first-order valence-electron chi connectivity index (χ1n) is 13.7. The standard InChI is InChI=1S/C29H43NO4/c1-16-14-22(15-16)30-28(31)21-8-10-23(11-9-21)33-20(5)27-19(4)25-12-6-17(2)24-13-7-18(3)32-29(34-27)26(24)25/h8-11,16-20,22,24-27,29H,6-7,12-15H2,1-5H3,(H,30,31)/t16?,17-,18?,19-,20-,22?,24+,25+,26?,27+,29+/m1/s1. The minimum atomic E-state index is -0.122. The highest BCUT2D eigenvalue weighted by Gasteiger charge is 2.53. The molecule has 0 bridgehead atoms. The molecular weight excluding hydrogens is 426 g/mol. The first-order chi connectivity index (χ1) is 16.3. The van der Waals surface area contributed by atoms with Gasteiger partial charge in [-0.05, 0) is 99.8 Å². The van der Waals surface area contributed by atoms with Gasteiger partial charge in [0.1, 0.15) is 18.0 Å². The molecule has 5 rings (SSSR count). The summed E-state index contributed by atoms with van der Waals surface area (Å²) in [4.78, 5) is 12.5. The van der Waals surface area contributed by atoms with Crippen LogP contribution in [0.25, 0.3) is 0 Å². The summed E-state index contributed by atoms with van der Waals surface area (Å²) in [5.74, 6) is 4.52. The molecule has 188 valence electrons. The molecule has 1 aromatic carbocycles. The maximum Gasteiger partial charge on any atom is 0.251 e. The van der Waals surface area contributed by atoms with Gasteiger partial charge < -0.3 is 19.5 Å². The van der Waals surface area contributed by atoms with Crippen LogP contribution in [-0.2, 0) is 9.47 Å². The van der Waals surface area contributed by atoms with Crippen molar-refractivity contribution >= 4 is 5.91 Å². The van der Waals surface area contributed by atoms with Crippen LogP contribution >= 0.6 is 0 Å². The molecule has 0 radical (unpaired) electrons. The third-order valence-electron chi connectivity index (χ3n) is 9.36. The molecule has 2 saturated carbocycles. The quantitative estimate of drug-likeness (QED) is 0.590. The van der Waals surface area contributed by atoms with Gasteiger partial charge in [0.15, 0.2) is 6.29 Å². The maximum absolute atomic E-state index is 12.5. The van der Waals surface area contributed by atoms with Crippen LogP contribution in [0.3, 0.4) is 0 Å². The fourth-order valence-electron chi connectivity index (χ4n) is 7.31. The van der Waals surface area contributed by atoms with Crippen LogP contribution in [-0.4, -0.2) is 36.6 Å². The second-order valence-electron chi connectivity index (χ2n) is 11.9. The summed E-state index contributed by atoms with van der Waals surface area (Å²) in [6.07, 6.45) is 7.13. The van der Waals surface area contributed by atoms with E-state index in [4.69, 9.17) is 14.2 Å². The van der Waals surface area contributed by atoms with Crippen molar-refractivity contribution in [1.29, 1.82) is 0 Å². The van der Waals surface area contributed by atoms with Crippen molar-refractivity contribution in [3.05, 3.63) is 29.8 Å². The molecule has 5 nitrogen and oxygen atoms in total. The minimum absolute atomic E-state index is 0.00538. The molecule has 2 aliphatic carbocycles. The molecule has 4 aliphatic rings. The molecule has 2 heterocycles. The zero-order chi connectivity index (χ0) is 24.0. The summed E-state index contributed by atoms with van der Waals surface area (Å²) in [6.45, 7) is 11.3. The molecule has 34 heavy (non-hydrogen) atoms. The topological polar surface area (TPSA) is 56.8 Å². The molecule has 1 amide bonds. The molecule has 2 aliphatic heterocycles. The predicted octanol–water partition coefficient (Wildman–Crippen LogP) is 5.82. The summed E-state index contributed by atoms with van der Waals surface area (Å²) in [7, 11) is 0. The molecule has 2 saturated heterocycles. The van der Waals surface area contributed by atoms with Crippen molar-refractivity contribution < 1.29 is 19.0 Å². The Bertz CT molecular complexity index is 850. The average molecular weight is 470 g/mol. The van der Waals surface area contributed by atoms with Crippen molar-refractivity contribution in [2.24, 2.45) is 35.5 Å². The lowest BCUT2D eigenvalue weighted by Crippen LogP contribution is -2.56. The minimum Gasteiger partial charge on any atom is -0.488 e. The number of carbonyl (C=O) groups is 1. The number of ether oxygens (including phenoxy) is 3. The molecule has 0 aromatic heterocycles. The number of amides is 1. The predicted molar refractivity (Wildman–Crippen MR) is 133 cm³/mol. The van der Waals surface area contributed by atoms with Crippen LogP contribution in [0.5, 0.6) is 5.75 Å². The van der Waals surface area contributed by atoms with Crippen molar-refractivity contribution in [3.63, 3.8) is 0 Å². The first kappa shape index (κ1) is 24.1. The van der Waals surface area contributed by atoms with E-state index in [0.29, 0.717) is 35.3 Å². The summed E-state index contributed by atoms with van der Waals surface area (Å²) in [5, 5.41) is 3.13. The van der Waals surface area contributed by atoms with Crippen LogP contribution in [0.15, 0.2) is 24.3 Å². The van der Waals surface area contributed by atoms with Crippen LogP contribution < -0.4 is 10.1 Å². The van der Waals surface area contributed by atoms with E-state index >= 15 is 0 Å². The molecule has 2 unspecified atom stereocenters. The lowest BCUT2D eigenvalue weighted by atomic mass is 9.60. The molecule has 4 fully saturated rings. The van der Waals surface area contributed by atoms with Crippen molar-refractivity contribution in [3.8, 4) is 5.75 Å². The number of benzene rings is 1. The zero-order valence-corrected chi connectivity index (χ0v) is 21.5. The van der Waals surface area contributed by atoms with E-state index in [1.807, 2.05) is 24.3 Å². The maximum atomic E-state index is 12.5. The van der Waals surface area contributed by atoms with E-state index in [1.165, 1.54) is 19.3 Å². The molecular formula is C29H43NO4. The summed E-state index contributed by atoms with van der Waals surface area (Å²) >= 11 is 0. The Morgan fingerprint density at radius 1 is 0.971 bits per heavy atom. The third kappa shape index (κ3) is 4.75. The average Bonchev–Trinajstić information content (AvgIpc) is 2.96. The second-order valence-corrected chi connectivity index (χ2v) is 11.9. The third-order valence-corrected chi connectivity index (χ3v) is 9.36. The highest BCUT2D eigenvalue weighted by Crippen LogP contribution is 2.52. The zero-order valence-electron chi connectivity index (χ0n) is 21.5. The van der Waals surface area contributed by atoms with E-state index < -0.39 is 0 Å². The summed E-state index contributed by atoms with van der Waals surface area (Å²) in [6, 6.07) is 7.87. The molecule has 1 aromatic rings. The van der Waals surface area contributed by atoms with Gasteiger partial charge in [-0.25, -0.2) is 0 Å². The molecule has 0 spiro atoms. The second kappa shape index (κ2) is 9.81. The Hall–Kier alpha value is -1.59. The van der Waals surface area contributed by atoms with Crippen molar-refractivity contribution in [1.82, 2.24) is 5.32 Å². The van der Waals surface area contributed by atoms with Gasteiger partial charge in [0.25, 0.3) is 5.91 Å². The fraction of sp³-hybridized carbons (Fsp3) is 0.759. The molecule has 9 atom stereocenters. The Labute approximate surface area is 205 Å². The van der Waals surface area contributed by atoms with E-state index in [-0.39, 0.29) is 30.5 Å². The van der Waals surface area contributed by atoms with E-state index in [1.54, 1.807) is 0 Å². The molecule has 1 N–H and O–H groups in total. The lowest BCUT2D eigenvalue weighted by Gasteiger charge is -2.53. The molecule has 5 heteroatoms. The Kier molecular flexibility index (Phi) is 6.96. The van der Waals surface area contributed by atoms with Crippen molar-refractivity contribution in [2.45, 2.75) is 104 Å². The van der Waals surface area contributed by atoms with Gasteiger partial charge in [0.05, 0.1) is 6.10 Å². The van der Waals surface area contributed by atoms with Gasteiger partial charge >= 0.3 is 0 Å². The van der Waals surface area contributed by atoms with E-state index in [0.717, 1.165) is 36.8 Å². The van der Waals surface area contributed by atoms with Gasteiger partial charge in [-0.3, -0.25) is 4.79 Å². The van der Waals surface area contributed by atoms with Gasteiger partial charge in [0, 0.05) is 17.5 Å². The van der Waals surface area contributed by atoms with Gasteiger partial charge in [-0.2, -0.15) is 0 Å². The Morgan fingerprint density at radius 2 is 1.68 bits per heavy atom. The van der Waals surface area contributed by atoms with Crippen molar-refractivity contribution in [2.75, 3.05) is 0 Å². The number of nitrogens with one attached hydrogen (secondary N) is 1.